The van der Waals surface area contributed by atoms with E-state index in [1.807, 2.05) is 11.3 Å². The van der Waals surface area contributed by atoms with Crippen molar-refractivity contribution in [3.63, 3.8) is 0 Å². The first-order valence-corrected chi connectivity index (χ1v) is 8.40. The van der Waals surface area contributed by atoms with E-state index in [1.54, 1.807) is 5.57 Å². The Morgan fingerprint density at radius 2 is 2.00 bits per heavy atom. The molecule has 0 saturated heterocycles. The Hall–Kier alpha value is -1.86. The standard InChI is InChI=1S/C20H18S/c1-14-11-16-5-2-3-6-18(16)19(14)13-15-8-9-17(12-15)20-7-4-10-21-20/h2-7,9-12,19H,8,13H2,1H3. The summed E-state index contributed by atoms with van der Waals surface area (Å²) in [6, 6.07) is 13.2. The molecule has 0 nitrogen and oxygen atoms in total. The molecule has 1 heterocycles. The fourth-order valence-electron chi connectivity index (χ4n) is 3.42. The third kappa shape index (κ3) is 2.32. The molecule has 0 spiro atoms. The molecule has 1 aromatic heterocycles. The Balaban J connectivity index is 1.56. The highest BCUT2D eigenvalue weighted by molar-refractivity contribution is 7.11. The van der Waals surface area contributed by atoms with Gasteiger partial charge in [0.25, 0.3) is 0 Å². The van der Waals surface area contributed by atoms with Crippen LogP contribution >= 0.6 is 11.3 Å². The van der Waals surface area contributed by atoms with Crippen molar-refractivity contribution < 1.29 is 0 Å². The molecule has 2 aliphatic rings. The maximum Gasteiger partial charge on any atom is 0.0339 e. The van der Waals surface area contributed by atoms with E-state index in [9.17, 15) is 0 Å². The van der Waals surface area contributed by atoms with Crippen molar-refractivity contribution in [2.75, 3.05) is 0 Å². The lowest BCUT2D eigenvalue weighted by atomic mass is 9.89. The SMILES string of the molecule is CC1=Cc2ccccc2C1CC1=CC(c2cccs2)=CC1. The Bertz CT molecular complexity index is 757. The van der Waals surface area contributed by atoms with E-state index in [0.717, 1.165) is 12.8 Å². The van der Waals surface area contributed by atoms with E-state index in [1.165, 1.54) is 27.2 Å². The lowest BCUT2D eigenvalue weighted by Gasteiger charge is -2.15. The number of benzene rings is 1. The van der Waals surface area contributed by atoms with Gasteiger partial charge in [-0.25, -0.2) is 0 Å². The van der Waals surface area contributed by atoms with Crippen LogP contribution < -0.4 is 0 Å². The topological polar surface area (TPSA) is 0 Å². The lowest BCUT2D eigenvalue weighted by molar-refractivity contribution is 0.784. The van der Waals surface area contributed by atoms with Gasteiger partial charge >= 0.3 is 0 Å². The van der Waals surface area contributed by atoms with E-state index in [-0.39, 0.29) is 0 Å². The molecule has 21 heavy (non-hydrogen) atoms. The molecule has 1 unspecified atom stereocenters. The number of allylic oxidation sites excluding steroid dienone is 5. The highest BCUT2D eigenvalue weighted by atomic mass is 32.1. The molecule has 0 radical (unpaired) electrons. The molecule has 1 aromatic carbocycles. The summed E-state index contributed by atoms with van der Waals surface area (Å²) in [4.78, 5) is 1.39. The summed E-state index contributed by atoms with van der Waals surface area (Å²) in [6.45, 7) is 2.27. The van der Waals surface area contributed by atoms with E-state index in [2.05, 4.69) is 66.9 Å². The van der Waals surface area contributed by atoms with E-state index < -0.39 is 0 Å². The minimum atomic E-state index is 0.573. The molecule has 0 fully saturated rings. The first-order chi connectivity index (χ1) is 10.3. The van der Waals surface area contributed by atoms with Gasteiger partial charge in [-0.3, -0.25) is 0 Å². The van der Waals surface area contributed by atoms with Crippen LogP contribution in [0.1, 0.15) is 41.7 Å². The maximum absolute atomic E-state index is 2.40. The van der Waals surface area contributed by atoms with Crippen LogP contribution in [0.4, 0.5) is 0 Å². The van der Waals surface area contributed by atoms with Gasteiger partial charge < -0.3 is 0 Å². The molecule has 0 aliphatic heterocycles. The molecule has 0 saturated carbocycles. The third-order valence-electron chi connectivity index (χ3n) is 4.52. The Morgan fingerprint density at radius 3 is 2.86 bits per heavy atom. The minimum absolute atomic E-state index is 0.573. The maximum atomic E-state index is 2.40. The van der Waals surface area contributed by atoms with Crippen molar-refractivity contribution in [1.82, 2.24) is 0 Å². The molecule has 1 atom stereocenters. The molecule has 0 N–H and O–H groups in total. The molecule has 2 aromatic rings. The van der Waals surface area contributed by atoms with Gasteiger partial charge in [0.05, 0.1) is 0 Å². The van der Waals surface area contributed by atoms with E-state index in [0.29, 0.717) is 5.92 Å². The van der Waals surface area contributed by atoms with Gasteiger partial charge in [0.15, 0.2) is 0 Å². The fourth-order valence-corrected chi connectivity index (χ4v) is 4.16. The van der Waals surface area contributed by atoms with Gasteiger partial charge in [-0.15, -0.1) is 11.3 Å². The minimum Gasteiger partial charge on any atom is -0.144 e. The van der Waals surface area contributed by atoms with Crippen molar-refractivity contribution in [2.24, 2.45) is 0 Å². The first kappa shape index (κ1) is 12.8. The predicted molar refractivity (Wildman–Crippen MR) is 92.4 cm³/mol. The van der Waals surface area contributed by atoms with Gasteiger partial charge in [-0.05, 0) is 47.9 Å². The van der Waals surface area contributed by atoms with Crippen LogP contribution in [0.25, 0.3) is 11.6 Å². The Labute approximate surface area is 130 Å². The molecule has 0 amide bonds. The van der Waals surface area contributed by atoms with Gasteiger partial charge in [0.2, 0.25) is 0 Å². The second-order valence-corrected chi connectivity index (χ2v) is 6.87. The zero-order chi connectivity index (χ0) is 14.2. The zero-order valence-electron chi connectivity index (χ0n) is 12.2. The Morgan fingerprint density at radius 1 is 1.10 bits per heavy atom. The number of hydrogen-bond acceptors (Lipinski definition) is 1. The van der Waals surface area contributed by atoms with Crippen molar-refractivity contribution in [1.29, 1.82) is 0 Å². The molecule has 104 valence electrons. The highest BCUT2D eigenvalue weighted by Crippen LogP contribution is 2.42. The average Bonchev–Trinajstić information content (AvgIpc) is 3.20. The number of fused-ring (bicyclic) bond motifs is 1. The van der Waals surface area contributed by atoms with Crippen molar-refractivity contribution >= 4 is 23.0 Å². The molecular weight excluding hydrogens is 272 g/mol. The molecular formula is C20H18S. The quantitative estimate of drug-likeness (QED) is 0.645. The van der Waals surface area contributed by atoms with E-state index >= 15 is 0 Å². The monoisotopic (exact) mass is 290 g/mol. The summed E-state index contributed by atoms with van der Waals surface area (Å²) in [5.74, 6) is 0.573. The van der Waals surface area contributed by atoms with Gasteiger partial charge in [-0.2, -0.15) is 0 Å². The van der Waals surface area contributed by atoms with Crippen LogP contribution in [0.15, 0.2) is 65.1 Å². The Kier molecular flexibility index (Phi) is 3.16. The number of thiophene rings is 1. The first-order valence-electron chi connectivity index (χ1n) is 7.52. The van der Waals surface area contributed by atoms with Gasteiger partial charge in [0, 0.05) is 10.8 Å². The summed E-state index contributed by atoms with van der Waals surface area (Å²) in [7, 11) is 0. The molecule has 2 aliphatic carbocycles. The van der Waals surface area contributed by atoms with Gasteiger partial charge in [-0.1, -0.05) is 59.7 Å². The number of hydrogen-bond donors (Lipinski definition) is 0. The second-order valence-electron chi connectivity index (χ2n) is 5.92. The summed E-state index contributed by atoms with van der Waals surface area (Å²) < 4.78 is 0. The average molecular weight is 290 g/mol. The van der Waals surface area contributed by atoms with Crippen LogP contribution in [0.3, 0.4) is 0 Å². The summed E-state index contributed by atoms with van der Waals surface area (Å²) in [6.07, 6.45) is 9.40. The fraction of sp³-hybridized carbons (Fsp3) is 0.200. The zero-order valence-corrected chi connectivity index (χ0v) is 13.0. The van der Waals surface area contributed by atoms with Crippen molar-refractivity contribution in [2.45, 2.75) is 25.7 Å². The normalized spacial score (nSPS) is 20.0. The summed E-state index contributed by atoms with van der Waals surface area (Å²) in [5, 5.41) is 2.15. The predicted octanol–water partition coefficient (Wildman–Crippen LogP) is 6.05. The van der Waals surface area contributed by atoms with Crippen LogP contribution in [0.5, 0.6) is 0 Å². The van der Waals surface area contributed by atoms with Crippen LogP contribution in [-0.4, -0.2) is 0 Å². The number of rotatable bonds is 3. The van der Waals surface area contributed by atoms with Crippen molar-refractivity contribution in [3.05, 3.63) is 81.1 Å². The smallest absolute Gasteiger partial charge is 0.0339 e. The molecule has 1 heteroatoms. The molecule has 0 bridgehead atoms. The summed E-state index contributed by atoms with van der Waals surface area (Å²) in [5.41, 5.74) is 7.38. The second kappa shape index (κ2) is 5.16. The van der Waals surface area contributed by atoms with E-state index in [4.69, 9.17) is 0 Å². The summed E-state index contributed by atoms with van der Waals surface area (Å²) >= 11 is 1.83. The van der Waals surface area contributed by atoms with Crippen LogP contribution in [-0.2, 0) is 0 Å². The molecule has 4 rings (SSSR count). The van der Waals surface area contributed by atoms with Crippen molar-refractivity contribution in [3.8, 4) is 0 Å². The van der Waals surface area contributed by atoms with Gasteiger partial charge in [0.1, 0.15) is 0 Å². The highest BCUT2D eigenvalue weighted by Gasteiger charge is 2.23. The van der Waals surface area contributed by atoms with Crippen LogP contribution in [0, 0.1) is 0 Å². The lowest BCUT2D eigenvalue weighted by Crippen LogP contribution is -1.98. The largest absolute Gasteiger partial charge is 0.144 e. The third-order valence-corrected chi connectivity index (χ3v) is 5.44. The van der Waals surface area contributed by atoms with Crippen LogP contribution in [0.2, 0.25) is 0 Å².